The summed E-state index contributed by atoms with van der Waals surface area (Å²) >= 11 is 0. The van der Waals surface area contributed by atoms with Gasteiger partial charge in [0.2, 0.25) is 0 Å². The molecule has 0 aliphatic rings. The Bertz CT molecular complexity index is 396. The lowest BCUT2D eigenvalue weighted by Gasteiger charge is -2.12. The minimum Gasteiger partial charge on any atom is -0.294 e. The van der Waals surface area contributed by atoms with Crippen molar-refractivity contribution in [1.29, 1.82) is 0 Å². The van der Waals surface area contributed by atoms with Gasteiger partial charge in [0, 0.05) is 6.20 Å². The average molecular weight is 234 g/mol. The van der Waals surface area contributed by atoms with Crippen molar-refractivity contribution < 1.29 is 4.79 Å². The highest BCUT2D eigenvalue weighted by Crippen LogP contribution is 2.14. The number of nitrogens with zero attached hydrogens (tertiary/aromatic N) is 2. The number of ketones is 1. The van der Waals surface area contributed by atoms with Gasteiger partial charge in [-0.05, 0) is 38.8 Å². The summed E-state index contributed by atoms with van der Waals surface area (Å²) in [4.78, 5) is 11.6. The van der Waals surface area contributed by atoms with Crippen LogP contribution < -0.4 is 0 Å². The highest BCUT2D eigenvalue weighted by molar-refractivity contribution is 5.91. The molecule has 17 heavy (non-hydrogen) atoms. The van der Waals surface area contributed by atoms with E-state index >= 15 is 0 Å². The van der Waals surface area contributed by atoms with E-state index in [1.54, 1.807) is 6.08 Å². The zero-order chi connectivity index (χ0) is 12.8. The number of hydrogen-bond donors (Lipinski definition) is 0. The van der Waals surface area contributed by atoms with Crippen LogP contribution in [0.25, 0.3) is 0 Å². The van der Waals surface area contributed by atoms with E-state index in [1.807, 2.05) is 30.8 Å². The summed E-state index contributed by atoms with van der Waals surface area (Å²) in [6.45, 7) is 8.18. The number of allylic oxidation sites excluding steroid dienone is 2. The highest BCUT2D eigenvalue weighted by Gasteiger charge is 2.09. The molecule has 0 radical (unpaired) electrons. The van der Waals surface area contributed by atoms with Gasteiger partial charge >= 0.3 is 0 Å². The molecule has 3 heteroatoms. The van der Waals surface area contributed by atoms with E-state index in [2.05, 4.69) is 18.9 Å². The van der Waals surface area contributed by atoms with Gasteiger partial charge in [0.05, 0.1) is 18.2 Å². The first kappa shape index (κ1) is 13.7. The molecule has 94 valence electrons. The van der Waals surface area contributed by atoms with Crippen LogP contribution in [0.1, 0.15) is 52.3 Å². The van der Waals surface area contributed by atoms with Gasteiger partial charge in [-0.3, -0.25) is 9.48 Å². The van der Waals surface area contributed by atoms with E-state index in [0.717, 1.165) is 24.1 Å². The highest BCUT2D eigenvalue weighted by atomic mass is 16.1. The Balaban J connectivity index is 2.69. The summed E-state index contributed by atoms with van der Waals surface area (Å²) in [5.41, 5.74) is 1.90. The largest absolute Gasteiger partial charge is 0.294 e. The quantitative estimate of drug-likeness (QED) is 0.708. The molecule has 0 aliphatic heterocycles. The van der Waals surface area contributed by atoms with E-state index in [-0.39, 0.29) is 5.78 Å². The summed E-state index contributed by atoms with van der Waals surface area (Å²) in [5.74, 6) is 0.125. The van der Waals surface area contributed by atoms with Crippen molar-refractivity contribution in [2.24, 2.45) is 0 Å². The molecule has 0 fully saturated rings. The smallest absolute Gasteiger partial charge is 0.161 e. The molecule has 1 heterocycles. The Kier molecular flexibility index (Phi) is 5.13. The number of carbonyl (C=O) groups is 1. The Morgan fingerprint density at radius 2 is 2.06 bits per heavy atom. The number of aromatic nitrogens is 2. The number of rotatable bonds is 6. The summed E-state index contributed by atoms with van der Waals surface area (Å²) < 4.78 is 1.98. The van der Waals surface area contributed by atoms with E-state index in [0.29, 0.717) is 12.5 Å². The van der Waals surface area contributed by atoms with Gasteiger partial charge in [-0.25, -0.2) is 0 Å². The molecule has 0 spiro atoms. The van der Waals surface area contributed by atoms with Crippen molar-refractivity contribution in [3.63, 3.8) is 0 Å². The minimum atomic E-state index is 0.125. The first-order valence-corrected chi connectivity index (χ1v) is 6.28. The van der Waals surface area contributed by atoms with E-state index in [1.165, 1.54) is 0 Å². The van der Waals surface area contributed by atoms with Crippen LogP contribution in [0, 0.1) is 0 Å². The van der Waals surface area contributed by atoms with Gasteiger partial charge in [0.25, 0.3) is 0 Å². The average Bonchev–Trinajstić information content (AvgIpc) is 2.67. The fourth-order valence-electron chi connectivity index (χ4n) is 1.89. The van der Waals surface area contributed by atoms with Crippen molar-refractivity contribution in [1.82, 2.24) is 9.78 Å². The number of hydrogen-bond acceptors (Lipinski definition) is 2. The standard InChI is InChI=1S/C14H22N2O/c1-5-13(6-2)16-8-7-12(15-16)10-14(17)9-11(3)4/h7-9,13H,5-6,10H2,1-4H3. The third-order valence-electron chi connectivity index (χ3n) is 2.79. The molecule has 0 aromatic carbocycles. The topological polar surface area (TPSA) is 34.9 Å². The van der Waals surface area contributed by atoms with Gasteiger partial charge in [-0.2, -0.15) is 5.10 Å². The van der Waals surface area contributed by atoms with E-state index in [9.17, 15) is 4.79 Å². The molecule has 1 aromatic rings. The molecule has 0 bridgehead atoms. The molecule has 0 amide bonds. The van der Waals surface area contributed by atoms with Gasteiger partial charge in [-0.1, -0.05) is 19.4 Å². The third kappa shape index (κ3) is 4.17. The Labute approximate surface area is 104 Å². The molecule has 3 nitrogen and oxygen atoms in total. The lowest BCUT2D eigenvalue weighted by molar-refractivity contribution is -0.114. The second-order valence-corrected chi connectivity index (χ2v) is 4.62. The molecule has 1 rings (SSSR count). The second kappa shape index (κ2) is 6.38. The van der Waals surface area contributed by atoms with E-state index in [4.69, 9.17) is 0 Å². The molecule has 0 saturated heterocycles. The third-order valence-corrected chi connectivity index (χ3v) is 2.79. The molecule has 0 unspecified atom stereocenters. The summed E-state index contributed by atoms with van der Waals surface area (Å²) in [5, 5.41) is 4.47. The first-order chi connectivity index (χ1) is 8.06. The van der Waals surface area contributed by atoms with Crippen LogP contribution in [0.4, 0.5) is 0 Å². The summed E-state index contributed by atoms with van der Waals surface area (Å²) in [7, 11) is 0. The lowest BCUT2D eigenvalue weighted by Crippen LogP contribution is -2.08. The molecular weight excluding hydrogens is 212 g/mol. The van der Waals surface area contributed by atoms with Crippen LogP contribution in [0.3, 0.4) is 0 Å². The normalized spacial score (nSPS) is 10.6. The molecule has 1 aromatic heterocycles. The number of carbonyl (C=O) groups excluding carboxylic acids is 1. The maximum absolute atomic E-state index is 11.6. The zero-order valence-electron chi connectivity index (χ0n) is 11.2. The molecular formula is C14H22N2O. The van der Waals surface area contributed by atoms with Crippen LogP contribution in [-0.4, -0.2) is 15.6 Å². The summed E-state index contributed by atoms with van der Waals surface area (Å²) in [6, 6.07) is 2.39. The zero-order valence-corrected chi connectivity index (χ0v) is 11.2. The van der Waals surface area contributed by atoms with Crippen LogP contribution in [0.5, 0.6) is 0 Å². The Hall–Kier alpha value is -1.38. The van der Waals surface area contributed by atoms with Crippen molar-refractivity contribution in [3.05, 3.63) is 29.6 Å². The second-order valence-electron chi connectivity index (χ2n) is 4.62. The predicted molar refractivity (Wildman–Crippen MR) is 70.0 cm³/mol. The molecule has 0 N–H and O–H groups in total. The van der Waals surface area contributed by atoms with Crippen molar-refractivity contribution in [2.75, 3.05) is 0 Å². The van der Waals surface area contributed by atoms with Gasteiger partial charge in [0.15, 0.2) is 5.78 Å². The monoisotopic (exact) mass is 234 g/mol. The molecule has 0 aliphatic carbocycles. The van der Waals surface area contributed by atoms with E-state index < -0.39 is 0 Å². The van der Waals surface area contributed by atoms with Crippen LogP contribution in [-0.2, 0) is 11.2 Å². The fourth-order valence-corrected chi connectivity index (χ4v) is 1.89. The Morgan fingerprint density at radius 3 is 2.59 bits per heavy atom. The van der Waals surface area contributed by atoms with Gasteiger partial charge < -0.3 is 0 Å². The van der Waals surface area contributed by atoms with Crippen molar-refractivity contribution >= 4 is 5.78 Å². The van der Waals surface area contributed by atoms with Crippen LogP contribution >= 0.6 is 0 Å². The predicted octanol–water partition coefficient (Wildman–Crippen LogP) is 3.32. The van der Waals surface area contributed by atoms with Gasteiger partial charge in [-0.15, -0.1) is 0 Å². The van der Waals surface area contributed by atoms with Gasteiger partial charge in [0.1, 0.15) is 0 Å². The van der Waals surface area contributed by atoms with Crippen LogP contribution in [0.15, 0.2) is 23.9 Å². The maximum atomic E-state index is 11.6. The minimum absolute atomic E-state index is 0.125. The molecule has 0 atom stereocenters. The fraction of sp³-hybridized carbons (Fsp3) is 0.571. The first-order valence-electron chi connectivity index (χ1n) is 6.28. The lowest BCUT2D eigenvalue weighted by atomic mass is 10.2. The SMILES string of the molecule is CCC(CC)n1ccc(CC(=O)C=C(C)C)n1. The van der Waals surface area contributed by atoms with Crippen molar-refractivity contribution in [3.8, 4) is 0 Å². The molecule has 0 saturated carbocycles. The Morgan fingerprint density at radius 1 is 1.41 bits per heavy atom. The maximum Gasteiger partial charge on any atom is 0.161 e. The van der Waals surface area contributed by atoms with Crippen LogP contribution in [0.2, 0.25) is 0 Å². The van der Waals surface area contributed by atoms with Crippen molar-refractivity contribution in [2.45, 2.75) is 53.0 Å². The summed E-state index contributed by atoms with van der Waals surface area (Å²) in [6.07, 6.45) is 6.19.